The van der Waals surface area contributed by atoms with Crippen molar-refractivity contribution in [2.45, 2.75) is 39.5 Å². The second kappa shape index (κ2) is 8.67. The van der Waals surface area contributed by atoms with Crippen LogP contribution in [0.3, 0.4) is 0 Å². The number of nitrogen functional groups attached to an aromatic ring is 1. The summed E-state index contributed by atoms with van der Waals surface area (Å²) < 4.78 is 12.6. The number of ketones is 1. The third-order valence-corrected chi connectivity index (χ3v) is 6.82. The van der Waals surface area contributed by atoms with Crippen LogP contribution in [0.5, 0.6) is 5.75 Å². The van der Waals surface area contributed by atoms with E-state index in [0.29, 0.717) is 34.3 Å². The maximum absolute atomic E-state index is 14.0. The number of aromatic nitrogens is 6. The maximum Gasteiger partial charge on any atom is 0.215 e. The Bertz CT molecular complexity index is 1700. The highest BCUT2D eigenvalue weighted by Crippen LogP contribution is 2.42. The molecule has 5 aromatic rings. The van der Waals surface area contributed by atoms with Crippen molar-refractivity contribution in [2.75, 3.05) is 19.6 Å². The minimum absolute atomic E-state index is 0.111. The molecule has 37 heavy (non-hydrogen) atoms. The third-order valence-electron chi connectivity index (χ3n) is 6.82. The molecule has 6 rings (SSSR count). The van der Waals surface area contributed by atoms with Gasteiger partial charge in [0.15, 0.2) is 12.4 Å². The fourth-order valence-corrected chi connectivity index (χ4v) is 4.97. The third kappa shape index (κ3) is 3.72. The molecule has 1 aromatic carbocycles. The first-order valence-corrected chi connectivity index (χ1v) is 12.1. The van der Waals surface area contributed by atoms with Crippen LogP contribution in [-0.2, 0) is 4.74 Å². The highest BCUT2D eigenvalue weighted by molar-refractivity contribution is 6.19. The normalized spacial score (nSPS) is 13.5. The van der Waals surface area contributed by atoms with Crippen molar-refractivity contribution in [3.8, 4) is 11.4 Å². The quantitative estimate of drug-likeness (QED) is 0.251. The number of benzene rings is 1. The van der Waals surface area contributed by atoms with Gasteiger partial charge in [-0.1, -0.05) is 6.07 Å². The number of anilines is 1. The van der Waals surface area contributed by atoms with Gasteiger partial charge in [0.05, 0.1) is 33.7 Å². The Hall–Kier alpha value is -4.31. The molecule has 1 aliphatic carbocycles. The minimum atomic E-state index is -0.277. The predicted octanol–water partition coefficient (Wildman–Crippen LogP) is 4.29. The summed E-state index contributed by atoms with van der Waals surface area (Å²) in [6.45, 7) is 5.90. The number of ether oxygens (including phenoxy) is 2. The average molecular weight is 498 g/mol. The summed E-state index contributed by atoms with van der Waals surface area (Å²) >= 11 is 0. The smallest absolute Gasteiger partial charge is 0.215 e. The van der Waals surface area contributed by atoms with E-state index in [9.17, 15) is 4.79 Å². The van der Waals surface area contributed by atoms with Crippen LogP contribution in [-0.4, -0.2) is 49.2 Å². The Labute approximate surface area is 212 Å². The first-order valence-electron chi connectivity index (χ1n) is 12.1. The van der Waals surface area contributed by atoms with Gasteiger partial charge in [0, 0.05) is 31.0 Å². The van der Waals surface area contributed by atoms with E-state index >= 15 is 0 Å². The molecule has 4 aromatic heterocycles. The lowest BCUT2D eigenvalue weighted by Gasteiger charge is -2.17. The number of aryl methyl sites for hydroxylation is 2. The van der Waals surface area contributed by atoms with Crippen molar-refractivity contribution < 1.29 is 14.3 Å². The molecule has 3 N–H and O–H groups in total. The van der Waals surface area contributed by atoms with Crippen LogP contribution in [0, 0.1) is 20.8 Å². The number of H-pyrrole nitrogens is 1. The lowest BCUT2D eigenvalue weighted by Crippen LogP contribution is -2.10. The van der Waals surface area contributed by atoms with Crippen LogP contribution >= 0.6 is 0 Å². The standard InChI is InChI=1S/C27H27N7O3/c1-13-5-8-19(37-12-36-4)14(2)24(13)34-26(28)20(23-27(34)30-10-9-29-23)25(35)18-11-17-22(33-18)21(16-6-7-16)32-15(3)31-17/h5,8-11,16,33H,6-7,12,28H2,1-4H3. The monoisotopic (exact) mass is 497 g/mol. The topological polar surface area (TPSA) is 134 Å². The Morgan fingerprint density at radius 2 is 1.95 bits per heavy atom. The number of hydrogen-bond donors (Lipinski definition) is 2. The van der Waals surface area contributed by atoms with Gasteiger partial charge in [0.2, 0.25) is 5.78 Å². The van der Waals surface area contributed by atoms with Crippen LogP contribution in [0.25, 0.3) is 27.9 Å². The van der Waals surface area contributed by atoms with Crippen molar-refractivity contribution in [1.29, 1.82) is 0 Å². The zero-order chi connectivity index (χ0) is 25.8. The second-order valence-corrected chi connectivity index (χ2v) is 9.43. The average Bonchev–Trinajstić information content (AvgIpc) is 3.58. The van der Waals surface area contributed by atoms with Gasteiger partial charge in [-0.3, -0.25) is 14.3 Å². The van der Waals surface area contributed by atoms with E-state index < -0.39 is 0 Å². The largest absolute Gasteiger partial charge is 0.467 e. The van der Waals surface area contributed by atoms with Crippen molar-refractivity contribution in [3.05, 3.63) is 64.5 Å². The highest BCUT2D eigenvalue weighted by Gasteiger charge is 2.31. The Morgan fingerprint density at radius 3 is 2.70 bits per heavy atom. The molecular formula is C27H27N7O3. The van der Waals surface area contributed by atoms with Crippen LogP contribution in [0.2, 0.25) is 0 Å². The van der Waals surface area contributed by atoms with Gasteiger partial charge in [0.1, 0.15) is 22.9 Å². The number of nitrogens with one attached hydrogen (secondary N) is 1. The molecule has 0 atom stereocenters. The first kappa shape index (κ1) is 23.1. The van der Waals surface area contributed by atoms with E-state index in [2.05, 4.69) is 24.9 Å². The van der Waals surface area contributed by atoms with Crippen molar-refractivity contribution in [3.63, 3.8) is 0 Å². The molecule has 4 heterocycles. The zero-order valence-corrected chi connectivity index (χ0v) is 21.1. The Morgan fingerprint density at radius 1 is 1.16 bits per heavy atom. The van der Waals surface area contributed by atoms with E-state index in [1.54, 1.807) is 30.1 Å². The first-order chi connectivity index (χ1) is 17.9. The molecule has 0 bridgehead atoms. The number of nitrogens with zero attached hydrogens (tertiary/aromatic N) is 5. The SMILES string of the molecule is COCOc1ccc(C)c(-n2c(N)c(C(=O)c3cc4nc(C)nc(C5CC5)c4[nH]3)c3nccnc32)c1C. The molecule has 1 saturated carbocycles. The van der Waals surface area contributed by atoms with E-state index in [1.165, 1.54) is 0 Å². The number of methoxy groups -OCH3 is 1. The van der Waals surface area contributed by atoms with Gasteiger partial charge in [0.25, 0.3) is 0 Å². The fraction of sp³-hybridized carbons (Fsp3) is 0.296. The summed E-state index contributed by atoms with van der Waals surface area (Å²) in [4.78, 5) is 35.5. The lowest BCUT2D eigenvalue weighted by molar-refractivity contribution is 0.0506. The number of carbonyl (C=O) groups excluding carboxylic acids is 1. The number of carbonyl (C=O) groups is 1. The minimum Gasteiger partial charge on any atom is -0.467 e. The highest BCUT2D eigenvalue weighted by atomic mass is 16.7. The van der Waals surface area contributed by atoms with Gasteiger partial charge in [-0.2, -0.15) is 0 Å². The molecule has 10 nitrogen and oxygen atoms in total. The molecule has 0 aliphatic heterocycles. The van der Waals surface area contributed by atoms with Crippen LogP contribution in [0.4, 0.5) is 5.82 Å². The number of hydrogen-bond acceptors (Lipinski definition) is 8. The molecule has 10 heteroatoms. The summed E-state index contributed by atoms with van der Waals surface area (Å²) in [6, 6.07) is 5.60. The van der Waals surface area contributed by atoms with Crippen LogP contribution in [0.1, 0.15) is 57.5 Å². The summed E-state index contributed by atoms with van der Waals surface area (Å²) in [5.74, 6) is 1.72. The number of rotatable bonds is 7. The second-order valence-electron chi connectivity index (χ2n) is 9.43. The molecule has 1 aliphatic rings. The molecule has 1 fully saturated rings. The van der Waals surface area contributed by atoms with Gasteiger partial charge in [-0.15, -0.1) is 0 Å². The van der Waals surface area contributed by atoms with Crippen molar-refractivity contribution >= 4 is 33.8 Å². The number of aromatic amines is 1. The fourth-order valence-electron chi connectivity index (χ4n) is 4.97. The van der Waals surface area contributed by atoms with Crippen LogP contribution in [0.15, 0.2) is 30.6 Å². The zero-order valence-electron chi connectivity index (χ0n) is 21.1. The van der Waals surface area contributed by atoms with Crippen LogP contribution < -0.4 is 10.5 Å². The predicted molar refractivity (Wildman–Crippen MR) is 139 cm³/mol. The van der Waals surface area contributed by atoms with Gasteiger partial charge in [-0.25, -0.2) is 15.0 Å². The van der Waals surface area contributed by atoms with Gasteiger partial charge >= 0.3 is 0 Å². The molecule has 0 amide bonds. The Kier molecular flexibility index (Phi) is 5.41. The molecule has 0 spiro atoms. The van der Waals surface area contributed by atoms with E-state index in [4.69, 9.17) is 15.2 Å². The molecule has 0 unspecified atom stereocenters. The van der Waals surface area contributed by atoms with Gasteiger partial charge in [-0.05, 0) is 51.3 Å². The molecule has 0 radical (unpaired) electrons. The van der Waals surface area contributed by atoms with Gasteiger partial charge < -0.3 is 20.2 Å². The number of fused-ring (bicyclic) bond motifs is 2. The van der Waals surface area contributed by atoms with E-state index in [1.807, 2.05) is 32.9 Å². The Balaban J connectivity index is 1.54. The van der Waals surface area contributed by atoms with E-state index in [0.717, 1.165) is 46.4 Å². The molecule has 188 valence electrons. The summed E-state index contributed by atoms with van der Waals surface area (Å²) in [5, 5.41) is 0. The van der Waals surface area contributed by atoms with Crippen molar-refractivity contribution in [2.24, 2.45) is 0 Å². The van der Waals surface area contributed by atoms with Crippen molar-refractivity contribution in [1.82, 2.24) is 29.5 Å². The number of nitrogens with two attached hydrogens (primary N) is 1. The maximum atomic E-state index is 14.0. The molecule has 0 saturated heterocycles. The lowest BCUT2D eigenvalue weighted by atomic mass is 10.1. The summed E-state index contributed by atoms with van der Waals surface area (Å²) in [6.07, 6.45) is 5.34. The summed E-state index contributed by atoms with van der Waals surface area (Å²) in [7, 11) is 1.57. The van der Waals surface area contributed by atoms with E-state index in [-0.39, 0.29) is 24.0 Å². The molecular weight excluding hydrogens is 470 g/mol. The summed E-state index contributed by atoms with van der Waals surface area (Å²) in [5.41, 5.74) is 13.4.